The van der Waals surface area contributed by atoms with E-state index < -0.39 is 11.7 Å². The second-order valence-corrected chi connectivity index (χ2v) is 6.67. The standard InChI is InChI=1S/C19H18ClF3N2O/c1-13-4-2-3-5-15(13)18(26)25-10-8-24(9-11-25)17-12-14(19(21,22)23)6-7-16(17)20/h2-7,12H,8-11H2,1H3. The van der Waals surface area contributed by atoms with Crippen LogP contribution in [0.25, 0.3) is 0 Å². The highest BCUT2D eigenvalue weighted by molar-refractivity contribution is 6.33. The molecule has 7 heteroatoms. The maximum Gasteiger partial charge on any atom is 0.416 e. The van der Waals surface area contributed by atoms with Crippen molar-refractivity contribution in [2.45, 2.75) is 13.1 Å². The Morgan fingerprint density at radius 1 is 1.04 bits per heavy atom. The summed E-state index contributed by atoms with van der Waals surface area (Å²) < 4.78 is 38.8. The highest BCUT2D eigenvalue weighted by atomic mass is 35.5. The average molecular weight is 383 g/mol. The molecule has 0 saturated carbocycles. The van der Waals surface area contributed by atoms with Crippen molar-refractivity contribution >= 4 is 23.2 Å². The zero-order valence-electron chi connectivity index (χ0n) is 14.2. The minimum Gasteiger partial charge on any atom is -0.367 e. The molecule has 3 rings (SSSR count). The summed E-state index contributed by atoms with van der Waals surface area (Å²) >= 11 is 6.11. The molecule has 1 heterocycles. The van der Waals surface area contributed by atoms with Crippen LogP contribution in [-0.4, -0.2) is 37.0 Å². The van der Waals surface area contributed by atoms with E-state index in [0.717, 1.165) is 17.7 Å². The van der Waals surface area contributed by atoms with Crippen LogP contribution in [0.15, 0.2) is 42.5 Å². The van der Waals surface area contributed by atoms with E-state index in [9.17, 15) is 18.0 Å². The monoisotopic (exact) mass is 382 g/mol. The summed E-state index contributed by atoms with van der Waals surface area (Å²) in [6.45, 7) is 3.60. The molecule has 0 atom stereocenters. The van der Waals surface area contributed by atoms with Gasteiger partial charge in [0.25, 0.3) is 5.91 Å². The average Bonchev–Trinajstić information content (AvgIpc) is 2.61. The molecule has 1 saturated heterocycles. The summed E-state index contributed by atoms with van der Waals surface area (Å²) in [6, 6.07) is 10.7. The minimum atomic E-state index is -4.41. The van der Waals surface area contributed by atoms with E-state index in [1.54, 1.807) is 15.9 Å². The highest BCUT2D eigenvalue weighted by Gasteiger charge is 2.32. The Labute approximate surface area is 155 Å². The maximum absolute atomic E-state index is 12.9. The van der Waals surface area contributed by atoms with Crippen molar-refractivity contribution in [3.05, 3.63) is 64.2 Å². The molecular weight excluding hydrogens is 365 g/mol. The first-order valence-corrected chi connectivity index (χ1v) is 8.62. The van der Waals surface area contributed by atoms with Crippen molar-refractivity contribution in [2.75, 3.05) is 31.1 Å². The number of rotatable bonds is 2. The number of halogens is 4. The van der Waals surface area contributed by atoms with Gasteiger partial charge >= 0.3 is 6.18 Å². The van der Waals surface area contributed by atoms with E-state index >= 15 is 0 Å². The third kappa shape index (κ3) is 3.80. The maximum atomic E-state index is 12.9. The van der Waals surface area contributed by atoms with Gasteiger partial charge in [0.2, 0.25) is 0 Å². The SMILES string of the molecule is Cc1ccccc1C(=O)N1CCN(c2cc(C(F)(F)F)ccc2Cl)CC1. The number of carbonyl (C=O) groups excluding carboxylic acids is 1. The van der Waals surface area contributed by atoms with Gasteiger partial charge in [-0.05, 0) is 36.8 Å². The van der Waals surface area contributed by atoms with E-state index in [1.165, 1.54) is 6.07 Å². The quantitative estimate of drug-likeness (QED) is 0.756. The van der Waals surface area contributed by atoms with Crippen LogP contribution < -0.4 is 4.90 Å². The van der Waals surface area contributed by atoms with Crippen molar-refractivity contribution in [1.29, 1.82) is 0 Å². The van der Waals surface area contributed by atoms with Crippen LogP contribution in [0.2, 0.25) is 5.02 Å². The Kier molecular flexibility index (Phi) is 5.14. The first-order chi connectivity index (χ1) is 12.3. The highest BCUT2D eigenvalue weighted by Crippen LogP contribution is 2.35. The number of anilines is 1. The van der Waals surface area contributed by atoms with Crippen LogP contribution >= 0.6 is 11.6 Å². The molecule has 2 aromatic carbocycles. The lowest BCUT2D eigenvalue weighted by Crippen LogP contribution is -2.49. The molecule has 1 aliphatic heterocycles. The molecule has 0 aromatic heterocycles. The van der Waals surface area contributed by atoms with Crippen LogP contribution in [0.5, 0.6) is 0 Å². The molecule has 26 heavy (non-hydrogen) atoms. The second-order valence-electron chi connectivity index (χ2n) is 6.26. The van der Waals surface area contributed by atoms with Gasteiger partial charge in [-0.1, -0.05) is 29.8 Å². The molecule has 138 valence electrons. The number of carbonyl (C=O) groups is 1. The summed E-state index contributed by atoms with van der Waals surface area (Å²) in [5, 5.41) is 0.275. The lowest BCUT2D eigenvalue weighted by atomic mass is 10.1. The van der Waals surface area contributed by atoms with Crippen LogP contribution in [0.3, 0.4) is 0 Å². The van der Waals surface area contributed by atoms with Gasteiger partial charge in [0.05, 0.1) is 16.3 Å². The molecule has 3 nitrogen and oxygen atoms in total. The van der Waals surface area contributed by atoms with Crippen molar-refractivity contribution in [2.24, 2.45) is 0 Å². The number of aryl methyl sites for hydroxylation is 1. The van der Waals surface area contributed by atoms with Crippen molar-refractivity contribution in [3.8, 4) is 0 Å². The first-order valence-electron chi connectivity index (χ1n) is 8.24. The summed E-state index contributed by atoms with van der Waals surface area (Å²) in [5.41, 5.74) is 1.18. The van der Waals surface area contributed by atoms with Gasteiger partial charge in [0, 0.05) is 31.7 Å². The third-order valence-corrected chi connectivity index (χ3v) is 4.88. The molecule has 0 aliphatic carbocycles. The molecule has 1 fully saturated rings. The summed E-state index contributed by atoms with van der Waals surface area (Å²) in [7, 11) is 0. The molecule has 0 N–H and O–H groups in total. The van der Waals surface area contributed by atoms with Gasteiger partial charge < -0.3 is 9.80 Å². The smallest absolute Gasteiger partial charge is 0.367 e. The van der Waals surface area contributed by atoms with Crippen molar-refractivity contribution < 1.29 is 18.0 Å². The number of piperazine rings is 1. The van der Waals surface area contributed by atoms with Gasteiger partial charge in [0.1, 0.15) is 0 Å². The minimum absolute atomic E-state index is 0.0575. The summed E-state index contributed by atoms with van der Waals surface area (Å²) in [5.74, 6) is -0.0575. The largest absolute Gasteiger partial charge is 0.416 e. The number of hydrogen-bond donors (Lipinski definition) is 0. The van der Waals surface area contributed by atoms with Crippen molar-refractivity contribution in [1.82, 2.24) is 4.90 Å². The van der Waals surface area contributed by atoms with E-state index in [1.807, 2.05) is 25.1 Å². The van der Waals surface area contributed by atoms with Gasteiger partial charge in [-0.3, -0.25) is 4.79 Å². The summed E-state index contributed by atoms with van der Waals surface area (Å²) in [6.07, 6.45) is -4.41. The van der Waals surface area contributed by atoms with Crippen molar-refractivity contribution in [3.63, 3.8) is 0 Å². The molecule has 0 radical (unpaired) electrons. The van der Waals surface area contributed by atoms with E-state index in [2.05, 4.69) is 0 Å². The summed E-state index contributed by atoms with van der Waals surface area (Å²) in [4.78, 5) is 16.2. The fraction of sp³-hybridized carbons (Fsp3) is 0.316. The first kappa shape index (κ1) is 18.6. The molecule has 0 unspecified atom stereocenters. The van der Waals surface area contributed by atoms with Crippen LogP contribution in [0.1, 0.15) is 21.5 Å². The fourth-order valence-electron chi connectivity index (χ4n) is 3.06. The predicted molar refractivity (Wildman–Crippen MR) is 95.7 cm³/mol. The van der Waals surface area contributed by atoms with Gasteiger partial charge in [-0.25, -0.2) is 0 Å². The van der Waals surface area contributed by atoms with E-state index in [-0.39, 0.29) is 10.9 Å². The number of alkyl halides is 3. The Hall–Kier alpha value is -2.21. The fourth-order valence-corrected chi connectivity index (χ4v) is 3.30. The molecule has 1 amide bonds. The Morgan fingerprint density at radius 2 is 1.69 bits per heavy atom. The van der Waals surface area contributed by atoms with E-state index in [0.29, 0.717) is 37.4 Å². The molecular formula is C19H18ClF3N2O. The second kappa shape index (κ2) is 7.19. The van der Waals surface area contributed by atoms with Crippen LogP contribution in [-0.2, 0) is 6.18 Å². The zero-order chi connectivity index (χ0) is 18.9. The van der Waals surface area contributed by atoms with Gasteiger partial charge in [-0.2, -0.15) is 13.2 Å². The van der Waals surface area contributed by atoms with Crippen LogP contribution in [0, 0.1) is 6.92 Å². The third-order valence-electron chi connectivity index (χ3n) is 4.56. The van der Waals surface area contributed by atoms with E-state index in [4.69, 9.17) is 11.6 Å². The van der Waals surface area contributed by atoms with Crippen LogP contribution in [0.4, 0.5) is 18.9 Å². The lowest BCUT2D eigenvalue weighted by Gasteiger charge is -2.37. The number of hydrogen-bond acceptors (Lipinski definition) is 2. The molecule has 0 bridgehead atoms. The topological polar surface area (TPSA) is 23.6 Å². The predicted octanol–water partition coefficient (Wildman–Crippen LogP) is 4.63. The van der Waals surface area contributed by atoms with Gasteiger partial charge in [-0.15, -0.1) is 0 Å². The molecule has 0 spiro atoms. The number of amides is 1. The number of benzene rings is 2. The Bertz CT molecular complexity index is 815. The number of nitrogens with zero attached hydrogens (tertiary/aromatic N) is 2. The Morgan fingerprint density at radius 3 is 2.31 bits per heavy atom. The normalized spacial score (nSPS) is 15.3. The molecule has 2 aromatic rings. The molecule has 1 aliphatic rings. The van der Waals surface area contributed by atoms with Gasteiger partial charge in [0.15, 0.2) is 0 Å². The Balaban J connectivity index is 1.73. The lowest BCUT2D eigenvalue weighted by molar-refractivity contribution is -0.137. The zero-order valence-corrected chi connectivity index (χ0v) is 14.9.